The maximum atomic E-state index is 13.3. The molecule has 0 saturated heterocycles. The molecule has 1 aliphatic heterocycles. The van der Waals surface area contributed by atoms with Crippen molar-refractivity contribution < 1.29 is 18.7 Å². The molecule has 1 N–H and O–H groups in total. The summed E-state index contributed by atoms with van der Waals surface area (Å²) < 4.78 is 19.7. The monoisotopic (exact) mass is 450 g/mol. The zero-order valence-electron chi connectivity index (χ0n) is 19.0. The Morgan fingerprint density at radius 1 is 1.15 bits per heavy atom. The Morgan fingerprint density at radius 3 is 2.58 bits per heavy atom. The number of nitrogens with zero attached hydrogens (tertiary/aromatic N) is 3. The number of carbonyl (C=O) groups excluding carboxylic acids is 2. The number of alkyl halides is 1. The van der Waals surface area contributed by atoms with E-state index in [1.807, 2.05) is 36.7 Å². The number of fused-ring (bicyclic) bond motifs is 1. The number of ether oxygens (including phenoxy) is 1. The van der Waals surface area contributed by atoms with Crippen LogP contribution < -0.4 is 10.2 Å². The quantitative estimate of drug-likeness (QED) is 0.552. The zero-order valence-corrected chi connectivity index (χ0v) is 19.0. The van der Waals surface area contributed by atoms with E-state index in [0.29, 0.717) is 35.5 Å². The number of carbonyl (C=O) groups is 2. The minimum atomic E-state index is -0.503. The number of hydrogen-bond acceptors (Lipinski definition) is 5. The normalized spacial score (nSPS) is 13.5. The van der Waals surface area contributed by atoms with E-state index in [9.17, 15) is 14.0 Å². The van der Waals surface area contributed by atoms with Gasteiger partial charge in [0.15, 0.2) is 0 Å². The summed E-state index contributed by atoms with van der Waals surface area (Å²) in [6.07, 6.45) is 0. The number of halogens is 1. The van der Waals surface area contributed by atoms with Crippen LogP contribution in [0.4, 0.5) is 10.2 Å². The van der Waals surface area contributed by atoms with Crippen molar-refractivity contribution in [3.05, 3.63) is 82.0 Å². The summed E-state index contributed by atoms with van der Waals surface area (Å²) >= 11 is 0. The molecule has 2 heterocycles. The third kappa shape index (κ3) is 4.60. The number of benzene rings is 2. The van der Waals surface area contributed by atoms with E-state index in [0.717, 1.165) is 23.5 Å². The van der Waals surface area contributed by atoms with Crippen molar-refractivity contribution in [3.63, 3.8) is 0 Å². The van der Waals surface area contributed by atoms with Gasteiger partial charge < -0.3 is 15.0 Å². The van der Waals surface area contributed by atoms with Crippen LogP contribution in [0.15, 0.2) is 48.5 Å². The third-order valence-electron chi connectivity index (χ3n) is 5.91. The molecule has 8 heteroatoms. The van der Waals surface area contributed by atoms with Crippen molar-refractivity contribution in [3.8, 4) is 0 Å². The lowest BCUT2D eigenvalue weighted by Crippen LogP contribution is -2.29. The number of rotatable bonds is 7. The molecule has 172 valence electrons. The average Bonchev–Trinajstić information content (AvgIpc) is 3.36. The van der Waals surface area contributed by atoms with Gasteiger partial charge in [-0.2, -0.15) is 5.10 Å². The topological polar surface area (TPSA) is 76.5 Å². The summed E-state index contributed by atoms with van der Waals surface area (Å²) in [4.78, 5) is 27.0. The fourth-order valence-electron chi connectivity index (χ4n) is 4.20. The summed E-state index contributed by atoms with van der Waals surface area (Å²) in [6.45, 7) is 5.22. The first kappa shape index (κ1) is 22.5. The highest BCUT2D eigenvalue weighted by molar-refractivity contribution is 6.00. The van der Waals surface area contributed by atoms with Crippen molar-refractivity contribution in [2.24, 2.45) is 0 Å². The predicted octanol–water partition coefficient (Wildman–Crippen LogP) is 3.96. The van der Waals surface area contributed by atoms with E-state index in [2.05, 4.69) is 15.3 Å². The van der Waals surface area contributed by atoms with Crippen molar-refractivity contribution in [1.82, 2.24) is 15.1 Å². The smallest absolute Gasteiger partial charge is 0.337 e. The SMILES string of the molecule is COC(=O)c1ccc([C@H](C)NC(=O)c2c(C)nn3c2N(Cc2cccc(CF)c2)CC3)cc1. The first-order chi connectivity index (χ1) is 15.9. The van der Waals surface area contributed by atoms with Gasteiger partial charge in [0.2, 0.25) is 0 Å². The number of nitrogens with one attached hydrogen (secondary N) is 1. The summed E-state index contributed by atoms with van der Waals surface area (Å²) in [7, 11) is 1.34. The van der Waals surface area contributed by atoms with Gasteiger partial charge in [0.1, 0.15) is 18.1 Å². The largest absolute Gasteiger partial charge is 0.465 e. The first-order valence-electron chi connectivity index (χ1n) is 10.9. The molecule has 2 aromatic carbocycles. The maximum Gasteiger partial charge on any atom is 0.337 e. The molecule has 0 aliphatic carbocycles. The van der Waals surface area contributed by atoms with Crippen LogP contribution in [0, 0.1) is 6.92 Å². The fraction of sp³-hybridized carbons (Fsp3) is 0.320. The highest BCUT2D eigenvalue weighted by Crippen LogP contribution is 2.30. The van der Waals surface area contributed by atoms with Crippen LogP contribution in [0.5, 0.6) is 0 Å². The van der Waals surface area contributed by atoms with Gasteiger partial charge in [0.25, 0.3) is 5.91 Å². The molecule has 1 amide bonds. The van der Waals surface area contributed by atoms with Crippen molar-refractivity contribution >= 4 is 17.7 Å². The van der Waals surface area contributed by atoms with Gasteiger partial charge in [-0.15, -0.1) is 0 Å². The third-order valence-corrected chi connectivity index (χ3v) is 5.91. The molecule has 0 bridgehead atoms. The summed E-state index contributed by atoms with van der Waals surface area (Å²) in [5, 5.41) is 7.61. The Bertz CT molecular complexity index is 1170. The Balaban J connectivity index is 1.52. The molecule has 0 unspecified atom stereocenters. The number of esters is 1. The number of aryl methyl sites for hydroxylation is 1. The van der Waals surface area contributed by atoms with Crippen LogP contribution in [-0.4, -0.2) is 35.3 Å². The lowest BCUT2D eigenvalue weighted by atomic mass is 10.1. The van der Waals surface area contributed by atoms with Gasteiger partial charge in [-0.1, -0.05) is 36.4 Å². The molecule has 1 aromatic heterocycles. The van der Waals surface area contributed by atoms with Crippen LogP contribution in [0.3, 0.4) is 0 Å². The second-order valence-corrected chi connectivity index (χ2v) is 8.19. The Labute approximate surface area is 192 Å². The van der Waals surface area contributed by atoms with Gasteiger partial charge >= 0.3 is 5.97 Å². The summed E-state index contributed by atoms with van der Waals surface area (Å²) in [6, 6.07) is 14.1. The van der Waals surface area contributed by atoms with Crippen LogP contribution >= 0.6 is 0 Å². The molecule has 0 spiro atoms. The lowest BCUT2D eigenvalue weighted by Gasteiger charge is -2.20. The highest BCUT2D eigenvalue weighted by Gasteiger charge is 2.30. The molecule has 7 nitrogen and oxygen atoms in total. The van der Waals surface area contributed by atoms with Crippen LogP contribution in [0.1, 0.15) is 56.1 Å². The molecule has 0 saturated carbocycles. The maximum absolute atomic E-state index is 13.3. The fourth-order valence-corrected chi connectivity index (χ4v) is 4.20. The molecule has 0 radical (unpaired) electrons. The van der Waals surface area contributed by atoms with E-state index in [4.69, 9.17) is 4.74 Å². The number of hydrogen-bond donors (Lipinski definition) is 1. The second kappa shape index (κ2) is 9.44. The number of methoxy groups -OCH3 is 1. The molecule has 3 aromatic rings. The van der Waals surface area contributed by atoms with E-state index in [1.54, 1.807) is 30.3 Å². The van der Waals surface area contributed by atoms with E-state index in [1.165, 1.54) is 7.11 Å². The van der Waals surface area contributed by atoms with E-state index >= 15 is 0 Å². The van der Waals surface area contributed by atoms with Crippen molar-refractivity contribution in [2.75, 3.05) is 18.6 Å². The lowest BCUT2D eigenvalue weighted by molar-refractivity contribution is 0.0600. The molecule has 1 aliphatic rings. The molecule has 33 heavy (non-hydrogen) atoms. The first-order valence-corrected chi connectivity index (χ1v) is 10.9. The zero-order chi connectivity index (χ0) is 23.5. The average molecular weight is 451 g/mol. The van der Waals surface area contributed by atoms with Gasteiger partial charge in [-0.3, -0.25) is 4.79 Å². The van der Waals surface area contributed by atoms with Gasteiger partial charge in [0, 0.05) is 13.1 Å². The Morgan fingerprint density at radius 2 is 1.88 bits per heavy atom. The molecular weight excluding hydrogens is 423 g/mol. The molecule has 4 rings (SSSR count). The predicted molar refractivity (Wildman–Crippen MR) is 123 cm³/mol. The standard InChI is InChI=1S/C25H27FN4O3/c1-16(20-7-9-21(10-8-20)25(32)33-3)27-23(31)22-17(2)28-30-12-11-29(24(22)30)15-19-6-4-5-18(13-19)14-26/h4-10,13,16H,11-12,14-15H2,1-3H3,(H,27,31)/t16-/m0/s1. The minimum absolute atomic E-state index is 0.206. The van der Waals surface area contributed by atoms with E-state index in [-0.39, 0.29) is 11.9 Å². The Hall–Kier alpha value is -3.68. The van der Waals surface area contributed by atoms with Crippen molar-refractivity contribution in [2.45, 2.75) is 39.7 Å². The van der Waals surface area contributed by atoms with E-state index < -0.39 is 12.6 Å². The van der Waals surface area contributed by atoms with Crippen LogP contribution in [-0.2, 0) is 24.5 Å². The second-order valence-electron chi connectivity index (χ2n) is 8.19. The molecular formula is C25H27FN4O3. The summed E-state index contributed by atoms with van der Waals surface area (Å²) in [5.41, 5.74) is 4.17. The number of amides is 1. The van der Waals surface area contributed by atoms with Gasteiger partial charge in [0.05, 0.1) is 31.0 Å². The number of anilines is 1. The molecule has 0 fully saturated rings. The summed E-state index contributed by atoms with van der Waals surface area (Å²) in [5.74, 6) is 0.174. The van der Waals surface area contributed by atoms with Crippen LogP contribution in [0.2, 0.25) is 0 Å². The van der Waals surface area contributed by atoms with Gasteiger partial charge in [-0.25, -0.2) is 13.9 Å². The van der Waals surface area contributed by atoms with Crippen molar-refractivity contribution in [1.29, 1.82) is 0 Å². The number of aromatic nitrogens is 2. The highest BCUT2D eigenvalue weighted by atomic mass is 19.1. The minimum Gasteiger partial charge on any atom is -0.465 e. The molecule has 1 atom stereocenters. The Kier molecular flexibility index (Phi) is 6.44. The van der Waals surface area contributed by atoms with Gasteiger partial charge in [-0.05, 0) is 42.7 Å². The van der Waals surface area contributed by atoms with Crippen LogP contribution in [0.25, 0.3) is 0 Å².